The molecule has 0 saturated heterocycles. The lowest BCUT2D eigenvalue weighted by Crippen LogP contribution is -2.28. The van der Waals surface area contributed by atoms with E-state index in [1.807, 2.05) is 23.1 Å². The number of benzene rings is 1. The average molecular weight is 303 g/mol. The van der Waals surface area contributed by atoms with Crippen LogP contribution in [-0.4, -0.2) is 31.7 Å². The molecule has 0 amide bonds. The van der Waals surface area contributed by atoms with Crippen molar-refractivity contribution in [3.63, 3.8) is 0 Å². The number of esters is 2. The molecule has 0 N–H and O–H groups in total. The van der Waals surface area contributed by atoms with E-state index in [0.29, 0.717) is 0 Å². The van der Waals surface area contributed by atoms with E-state index in [9.17, 15) is 9.59 Å². The van der Waals surface area contributed by atoms with Crippen LogP contribution in [0.2, 0.25) is 0 Å². The number of fused-ring (bicyclic) bond motifs is 1. The average Bonchev–Trinajstić information content (AvgIpc) is 2.53. The largest absolute Gasteiger partial charge is 0.462 e. The molecule has 1 aliphatic heterocycles. The maximum absolute atomic E-state index is 12.0. The first-order valence-electron chi connectivity index (χ1n) is 7.58. The van der Waals surface area contributed by atoms with Crippen molar-refractivity contribution >= 4 is 17.6 Å². The van der Waals surface area contributed by atoms with Crippen molar-refractivity contribution in [2.24, 2.45) is 0 Å². The van der Waals surface area contributed by atoms with E-state index in [4.69, 9.17) is 9.47 Å². The van der Waals surface area contributed by atoms with E-state index in [1.165, 1.54) is 5.56 Å². The zero-order chi connectivity index (χ0) is 15.9. The van der Waals surface area contributed by atoms with Crippen molar-refractivity contribution in [2.45, 2.75) is 26.7 Å². The third-order valence-corrected chi connectivity index (χ3v) is 3.42. The molecule has 1 aromatic rings. The summed E-state index contributed by atoms with van der Waals surface area (Å²) in [5, 5.41) is 0. The Morgan fingerprint density at radius 1 is 1.14 bits per heavy atom. The fraction of sp³-hybridized carbons (Fsp3) is 0.412. The lowest BCUT2D eigenvalue weighted by molar-refractivity contribution is -0.146. The normalized spacial score (nSPS) is 13.1. The molecule has 0 fully saturated rings. The number of ether oxygens (including phenoxy) is 2. The number of carbonyl (C=O) groups is 2. The predicted octanol–water partition coefficient (Wildman–Crippen LogP) is 2.45. The molecule has 0 bridgehead atoms. The second-order valence-electron chi connectivity index (χ2n) is 4.91. The monoisotopic (exact) mass is 303 g/mol. The second-order valence-corrected chi connectivity index (χ2v) is 4.91. The molecule has 1 aromatic carbocycles. The van der Waals surface area contributed by atoms with Gasteiger partial charge in [0, 0.05) is 18.4 Å². The molecule has 5 nitrogen and oxygen atoms in total. The number of rotatable bonds is 5. The zero-order valence-corrected chi connectivity index (χ0v) is 13.0. The van der Waals surface area contributed by atoms with Gasteiger partial charge in [0.2, 0.25) is 0 Å². The van der Waals surface area contributed by atoms with Gasteiger partial charge in [0.1, 0.15) is 0 Å². The molecular formula is C17H21NO4. The molecule has 0 radical (unpaired) electrons. The Morgan fingerprint density at radius 3 is 2.41 bits per heavy atom. The molecule has 5 heteroatoms. The van der Waals surface area contributed by atoms with Crippen molar-refractivity contribution in [3.8, 4) is 0 Å². The number of para-hydroxylation sites is 1. The maximum Gasteiger partial charge on any atom is 0.347 e. The number of aryl methyl sites for hydroxylation is 1. The highest BCUT2D eigenvalue weighted by molar-refractivity contribution is 6.14. The molecule has 0 unspecified atom stereocenters. The zero-order valence-electron chi connectivity index (χ0n) is 13.0. The van der Waals surface area contributed by atoms with Gasteiger partial charge < -0.3 is 14.4 Å². The van der Waals surface area contributed by atoms with E-state index in [0.717, 1.165) is 25.1 Å². The number of anilines is 1. The summed E-state index contributed by atoms with van der Waals surface area (Å²) in [6, 6.07) is 7.98. The standard InChI is InChI=1S/C17H21NO4/c1-3-21-16(19)14(17(20)22-4-2)12-18-11-7-9-13-8-5-6-10-15(13)18/h5-6,8,10,12H,3-4,7,9,11H2,1-2H3. The molecule has 2 rings (SSSR count). The Kier molecular flexibility index (Phi) is 5.58. The minimum absolute atomic E-state index is 0.0691. The first kappa shape index (κ1) is 16.1. The van der Waals surface area contributed by atoms with E-state index in [2.05, 4.69) is 6.07 Å². The van der Waals surface area contributed by atoms with Crippen LogP contribution in [0.25, 0.3) is 0 Å². The first-order valence-corrected chi connectivity index (χ1v) is 7.58. The molecule has 0 aliphatic carbocycles. The summed E-state index contributed by atoms with van der Waals surface area (Å²) in [4.78, 5) is 26.0. The summed E-state index contributed by atoms with van der Waals surface area (Å²) >= 11 is 0. The second kappa shape index (κ2) is 7.64. The van der Waals surface area contributed by atoms with Crippen LogP contribution in [0.15, 0.2) is 36.0 Å². The van der Waals surface area contributed by atoms with E-state index in [-0.39, 0.29) is 18.8 Å². The Bertz CT molecular complexity index is 560. The van der Waals surface area contributed by atoms with Crippen LogP contribution >= 0.6 is 0 Å². The van der Waals surface area contributed by atoms with Gasteiger partial charge in [-0.05, 0) is 38.3 Å². The Hall–Kier alpha value is -2.30. The van der Waals surface area contributed by atoms with Gasteiger partial charge in [-0.25, -0.2) is 9.59 Å². The highest BCUT2D eigenvalue weighted by atomic mass is 16.6. The van der Waals surface area contributed by atoms with E-state index in [1.54, 1.807) is 20.0 Å². The molecule has 0 saturated carbocycles. The van der Waals surface area contributed by atoms with Crippen LogP contribution < -0.4 is 4.90 Å². The molecule has 1 heterocycles. The fourth-order valence-electron chi connectivity index (χ4n) is 2.46. The minimum Gasteiger partial charge on any atom is -0.462 e. The van der Waals surface area contributed by atoms with E-state index >= 15 is 0 Å². The molecular weight excluding hydrogens is 282 g/mol. The van der Waals surface area contributed by atoms with Crippen LogP contribution in [0, 0.1) is 0 Å². The van der Waals surface area contributed by atoms with Gasteiger partial charge in [0.15, 0.2) is 5.57 Å². The quantitative estimate of drug-likeness (QED) is 0.362. The highest BCUT2D eigenvalue weighted by Gasteiger charge is 2.24. The molecule has 1 aliphatic rings. The van der Waals surface area contributed by atoms with E-state index < -0.39 is 11.9 Å². The van der Waals surface area contributed by atoms with Gasteiger partial charge in [0.05, 0.1) is 13.2 Å². The van der Waals surface area contributed by atoms with Crippen molar-refractivity contribution in [1.29, 1.82) is 0 Å². The molecule has 0 spiro atoms. The Morgan fingerprint density at radius 2 is 1.77 bits per heavy atom. The van der Waals surface area contributed by atoms with Gasteiger partial charge in [-0.15, -0.1) is 0 Å². The van der Waals surface area contributed by atoms with Gasteiger partial charge in [-0.3, -0.25) is 0 Å². The number of hydrogen-bond donors (Lipinski definition) is 0. The van der Waals surface area contributed by atoms with Crippen LogP contribution in [-0.2, 0) is 25.5 Å². The Labute approximate surface area is 130 Å². The smallest absolute Gasteiger partial charge is 0.347 e. The SMILES string of the molecule is CCOC(=O)C(=CN1CCCc2ccccc21)C(=O)OCC. The lowest BCUT2D eigenvalue weighted by Gasteiger charge is -2.28. The number of carbonyl (C=O) groups excluding carboxylic acids is 2. The minimum atomic E-state index is -0.649. The summed E-state index contributed by atoms with van der Waals surface area (Å²) in [6.45, 7) is 4.59. The number of nitrogens with zero attached hydrogens (tertiary/aromatic N) is 1. The van der Waals surface area contributed by atoms with Crippen molar-refractivity contribution in [1.82, 2.24) is 0 Å². The van der Waals surface area contributed by atoms with Crippen LogP contribution in [0.3, 0.4) is 0 Å². The van der Waals surface area contributed by atoms with Gasteiger partial charge in [-0.2, -0.15) is 0 Å². The molecule has 0 aromatic heterocycles. The first-order chi connectivity index (χ1) is 10.7. The van der Waals surface area contributed by atoms with Crippen molar-refractivity contribution in [2.75, 3.05) is 24.7 Å². The summed E-state index contributed by atoms with van der Waals surface area (Å²) in [5.74, 6) is -1.30. The fourth-order valence-corrected chi connectivity index (χ4v) is 2.46. The summed E-state index contributed by atoms with van der Waals surface area (Å²) in [7, 11) is 0. The predicted molar refractivity (Wildman–Crippen MR) is 83.5 cm³/mol. The summed E-state index contributed by atoms with van der Waals surface area (Å²) in [6.07, 6.45) is 3.51. The lowest BCUT2D eigenvalue weighted by atomic mass is 10.0. The van der Waals surface area contributed by atoms with Gasteiger partial charge in [-0.1, -0.05) is 18.2 Å². The number of hydrogen-bond acceptors (Lipinski definition) is 5. The van der Waals surface area contributed by atoms with Crippen LogP contribution in [0.5, 0.6) is 0 Å². The molecule has 118 valence electrons. The third kappa shape index (κ3) is 3.67. The maximum atomic E-state index is 12.0. The van der Waals surface area contributed by atoms with Gasteiger partial charge >= 0.3 is 11.9 Å². The molecule has 22 heavy (non-hydrogen) atoms. The topological polar surface area (TPSA) is 55.8 Å². The van der Waals surface area contributed by atoms with Crippen LogP contribution in [0.4, 0.5) is 5.69 Å². The third-order valence-electron chi connectivity index (χ3n) is 3.42. The van der Waals surface area contributed by atoms with Gasteiger partial charge in [0.25, 0.3) is 0 Å². The summed E-state index contributed by atoms with van der Waals surface area (Å²) in [5.41, 5.74) is 2.15. The molecule has 0 atom stereocenters. The Balaban J connectivity index is 2.33. The van der Waals surface area contributed by atoms with Crippen molar-refractivity contribution < 1.29 is 19.1 Å². The van der Waals surface area contributed by atoms with Crippen LogP contribution in [0.1, 0.15) is 25.8 Å². The van der Waals surface area contributed by atoms with Crippen molar-refractivity contribution in [3.05, 3.63) is 41.6 Å². The highest BCUT2D eigenvalue weighted by Crippen LogP contribution is 2.27. The summed E-state index contributed by atoms with van der Waals surface area (Å²) < 4.78 is 9.93.